The van der Waals surface area contributed by atoms with Gasteiger partial charge in [0.1, 0.15) is 0 Å². The first kappa shape index (κ1) is 13.9. The number of benzene rings is 1. The zero-order chi connectivity index (χ0) is 13.9. The van der Waals surface area contributed by atoms with Crippen molar-refractivity contribution in [2.75, 3.05) is 6.54 Å². The number of nitrogens with one attached hydrogen (secondary N) is 1. The molecule has 1 aliphatic rings. The van der Waals surface area contributed by atoms with Crippen molar-refractivity contribution in [2.45, 2.75) is 31.7 Å². The summed E-state index contributed by atoms with van der Waals surface area (Å²) in [7, 11) is 0. The zero-order valence-corrected chi connectivity index (χ0v) is 12.4. The molecule has 4 nitrogen and oxygen atoms in total. The molecule has 20 heavy (non-hydrogen) atoms. The van der Waals surface area contributed by atoms with E-state index in [0.717, 1.165) is 25.4 Å². The van der Waals surface area contributed by atoms with E-state index in [2.05, 4.69) is 15.5 Å². The summed E-state index contributed by atoms with van der Waals surface area (Å²) >= 11 is 12.1. The fourth-order valence-electron chi connectivity index (χ4n) is 1.97. The molecule has 0 saturated heterocycles. The van der Waals surface area contributed by atoms with Gasteiger partial charge in [0.05, 0.1) is 15.6 Å². The van der Waals surface area contributed by atoms with Crippen LogP contribution in [0.2, 0.25) is 10.0 Å². The van der Waals surface area contributed by atoms with Gasteiger partial charge in [-0.1, -0.05) is 29.3 Å². The van der Waals surface area contributed by atoms with E-state index in [4.69, 9.17) is 27.6 Å². The molecule has 1 heterocycles. The van der Waals surface area contributed by atoms with Gasteiger partial charge in [0, 0.05) is 12.5 Å². The normalized spacial score (nSPS) is 14.7. The Kier molecular flexibility index (Phi) is 4.24. The van der Waals surface area contributed by atoms with Crippen molar-refractivity contribution < 1.29 is 4.42 Å². The molecular formula is C14H15Cl2N3O. The number of aryl methyl sites for hydroxylation is 1. The molecule has 0 amide bonds. The number of hydrogen-bond acceptors (Lipinski definition) is 4. The van der Waals surface area contributed by atoms with Crippen molar-refractivity contribution >= 4 is 23.2 Å². The molecule has 0 atom stereocenters. The molecule has 0 aliphatic heterocycles. The lowest BCUT2D eigenvalue weighted by atomic mass is 10.2. The maximum Gasteiger partial charge on any atom is 0.249 e. The lowest BCUT2D eigenvalue weighted by Crippen LogP contribution is -2.17. The lowest BCUT2D eigenvalue weighted by molar-refractivity contribution is 0.491. The minimum atomic E-state index is 0.419. The predicted octanol–water partition coefficient (Wildman–Crippen LogP) is 3.73. The molecule has 2 aromatic rings. The Bertz CT molecular complexity index is 596. The van der Waals surface area contributed by atoms with E-state index in [1.807, 2.05) is 12.1 Å². The highest BCUT2D eigenvalue weighted by Crippen LogP contribution is 2.32. The molecule has 0 radical (unpaired) electrons. The Hall–Kier alpha value is -1.10. The average Bonchev–Trinajstić information content (AvgIpc) is 3.15. The van der Waals surface area contributed by atoms with Crippen LogP contribution < -0.4 is 5.32 Å². The van der Waals surface area contributed by atoms with Crippen LogP contribution >= 0.6 is 23.2 Å². The second-order valence-corrected chi connectivity index (χ2v) is 5.72. The third-order valence-corrected chi connectivity index (χ3v) is 4.05. The van der Waals surface area contributed by atoms with E-state index in [1.54, 1.807) is 6.07 Å². The first-order valence-electron chi connectivity index (χ1n) is 6.74. The summed E-state index contributed by atoms with van der Waals surface area (Å²) in [5, 5.41) is 12.5. The van der Waals surface area contributed by atoms with Crippen molar-refractivity contribution in [3.63, 3.8) is 0 Å². The summed E-state index contributed by atoms with van der Waals surface area (Å²) in [6, 6.07) is 6.10. The monoisotopic (exact) mass is 311 g/mol. The van der Waals surface area contributed by atoms with Gasteiger partial charge in [0.15, 0.2) is 0 Å². The van der Waals surface area contributed by atoms with Gasteiger partial charge in [-0.2, -0.15) is 0 Å². The van der Waals surface area contributed by atoms with Crippen LogP contribution in [0.15, 0.2) is 22.6 Å². The topological polar surface area (TPSA) is 51.0 Å². The van der Waals surface area contributed by atoms with Gasteiger partial charge in [0.2, 0.25) is 11.8 Å². The second-order valence-electron chi connectivity index (χ2n) is 4.93. The number of aromatic nitrogens is 2. The van der Waals surface area contributed by atoms with Gasteiger partial charge in [-0.05, 0) is 37.9 Å². The van der Waals surface area contributed by atoms with Gasteiger partial charge in [-0.3, -0.25) is 0 Å². The summed E-state index contributed by atoms with van der Waals surface area (Å²) in [6.07, 6.45) is 4.36. The Morgan fingerprint density at radius 3 is 2.90 bits per heavy atom. The van der Waals surface area contributed by atoms with Crippen molar-refractivity contribution in [3.8, 4) is 11.5 Å². The highest BCUT2D eigenvalue weighted by atomic mass is 35.5. The highest BCUT2D eigenvalue weighted by molar-refractivity contribution is 6.43. The minimum Gasteiger partial charge on any atom is -0.421 e. The molecule has 1 aliphatic carbocycles. The first-order valence-corrected chi connectivity index (χ1v) is 7.50. The molecule has 106 valence electrons. The molecule has 1 N–H and O–H groups in total. The van der Waals surface area contributed by atoms with Gasteiger partial charge in [0.25, 0.3) is 0 Å². The summed E-state index contributed by atoms with van der Waals surface area (Å²) in [5.41, 5.74) is 0.675. The summed E-state index contributed by atoms with van der Waals surface area (Å²) in [6.45, 7) is 0.986. The van der Waals surface area contributed by atoms with Crippen LogP contribution in [-0.4, -0.2) is 22.8 Å². The Morgan fingerprint density at radius 2 is 2.10 bits per heavy atom. The van der Waals surface area contributed by atoms with E-state index in [0.29, 0.717) is 27.4 Å². The van der Waals surface area contributed by atoms with Crippen LogP contribution in [0.4, 0.5) is 0 Å². The van der Waals surface area contributed by atoms with Crippen molar-refractivity contribution in [3.05, 3.63) is 34.1 Å². The maximum absolute atomic E-state index is 6.14. The van der Waals surface area contributed by atoms with Gasteiger partial charge in [-0.15, -0.1) is 10.2 Å². The summed E-state index contributed by atoms with van der Waals surface area (Å²) in [5.74, 6) is 1.05. The van der Waals surface area contributed by atoms with Crippen LogP contribution in [0.1, 0.15) is 25.2 Å². The number of nitrogens with zero attached hydrogens (tertiary/aromatic N) is 2. The van der Waals surface area contributed by atoms with E-state index in [-0.39, 0.29) is 0 Å². The molecule has 1 fully saturated rings. The largest absolute Gasteiger partial charge is 0.421 e. The third-order valence-electron chi connectivity index (χ3n) is 3.23. The molecule has 0 spiro atoms. The van der Waals surface area contributed by atoms with Crippen LogP contribution in [0, 0.1) is 0 Å². The van der Waals surface area contributed by atoms with Crippen molar-refractivity contribution in [1.29, 1.82) is 0 Å². The lowest BCUT2D eigenvalue weighted by Gasteiger charge is -2.01. The molecular weight excluding hydrogens is 297 g/mol. The number of hydrogen-bond donors (Lipinski definition) is 1. The highest BCUT2D eigenvalue weighted by Gasteiger charge is 2.19. The Balaban J connectivity index is 1.62. The van der Waals surface area contributed by atoms with Crippen LogP contribution in [0.5, 0.6) is 0 Å². The second kappa shape index (κ2) is 6.12. The SMILES string of the molecule is Clc1cccc(-c2nnc(CCCNC3CC3)o2)c1Cl. The maximum atomic E-state index is 6.14. The van der Waals surface area contributed by atoms with Crippen molar-refractivity contribution in [2.24, 2.45) is 0 Å². The summed E-state index contributed by atoms with van der Waals surface area (Å²) in [4.78, 5) is 0. The van der Waals surface area contributed by atoms with E-state index in [1.165, 1.54) is 12.8 Å². The van der Waals surface area contributed by atoms with Crippen LogP contribution in [0.3, 0.4) is 0 Å². The predicted molar refractivity (Wildman–Crippen MR) is 79.1 cm³/mol. The quantitative estimate of drug-likeness (QED) is 0.826. The zero-order valence-electron chi connectivity index (χ0n) is 10.9. The molecule has 1 aromatic carbocycles. The molecule has 3 rings (SSSR count). The van der Waals surface area contributed by atoms with Crippen LogP contribution in [-0.2, 0) is 6.42 Å². The molecule has 1 saturated carbocycles. The van der Waals surface area contributed by atoms with E-state index >= 15 is 0 Å². The Morgan fingerprint density at radius 1 is 1.25 bits per heavy atom. The molecule has 0 unspecified atom stereocenters. The van der Waals surface area contributed by atoms with Gasteiger partial charge in [-0.25, -0.2) is 0 Å². The van der Waals surface area contributed by atoms with E-state index in [9.17, 15) is 0 Å². The fourth-order valence-corrected chi connectivity index (χ4v) is 2.35. The third kappa shape index (κ3) is 3.32. The number of halogens is 2. The van der Waals surface area contributed by atoms with E-state index < -0.39 is 0 Å². The fraction of sp³-hybridized carbons (Fsp3) is 0.429. The standard InChI is InChI=1S/C14H15Cl2N3O/c15-11-4-1-3-10(13(11)16)14-19-18-12(20-14)5-2-8-17-9-6-7-9/h1,3-4,9,17H,2,5-8H2. The average molecular weight is 312 g/mol. The molecule has 6 heteroatoms. The van der Waals surface area contributed by atoms with Crippen LogP contribution in [0.25, 0.3) is 11.5 Å². The first-order chi connectivity index (χ1) is 9.74. The molecule has 1 aromatic heterocycles. The van der Waals surface area contributed by atoms with Gasteiger partial charge < -0.3 is 9.73 Å². The number of rotatable bonds is 6. The molecule has 0 bridgehead atoms. The smallest absolute Gasteiger partial charge is 0.249 e. The van der Waals surface area contributed by atoms with Gasteiger partial charge >= 0.3 is 0 Å². The Labute approximate surface area is 127 Å². The minimum absolute atomic E-state index is 0.419. The van der Waals surface area contributed by atoms with Crippen molar-refractivity contribution in [1.82, 2.24) is 15.5 Å². The summed E-state index contributed by atoms with van der Waals surface area (Å²) < 4.78 is 5.64.